The Morgan fingerprint density at radius 2 is 1.85 bits per heavy atom. The molecule has 1 aromatic heterocycles. The number of nitrogen functional groups attached to an aromatic ring is 1. The van der Waals surface area contributed by atoms with Crippen LogP contribution in [0.4, 0.5) is 5.82 Å². The molecule has 0 saturated heterocycles. The van der Waals surface area contributed by atoms with Crippen LogP contribution in [-0.2, 0) is 6.42 Å². The van der Waals surface area contributed by atoms with Crippen LogP contribution in [0.25, 0.3) is 11.3 Å². The second-order valence-corrected chi connectivity index (χ2v) is 5.89. The van der Waals surface area contributed by atoms with Crippen molar-refractivity contribution in [2.45, 2.75) is 39.7 Å². The van der Waals surface area contributed by atoms with Gasteiger partial charge in [0.1, 0.15) is 17.3 Å². The van der Waals surface area contributed by atoms with E-state index in [4.69, 9.17) is 28.9 Å². The maximum absolute atomic E-state index is 6.29. The third-order valence-electron chi connectivity index (χ3n) is 3.21. The van der Waals surface area contributed by atoms with Gasteiger partial charge in [-0.3, -0.25) is 0 Å². The van der Waals surface area contributed by atoms with Gasteiger partial charge in [-0.1, -0.05) is 36.2 Å². The molecule has 0 bridgehead atoms. The molecule has 0 fully saturated rings. The molecule has 0 aliphatic heterocycles. The zero-order valence-electron chi connectivity index (χ0n) is 12.0. The molecule has 0 unspecified atom stereocenters. The van der Waals surface area contributed by atoms with Crippen molar-refractivity contribution >= 4 is 29.0 Å². The largest absolute Gasteiger partial charge is 0.383 e. The minimum absolute atomic E-state index is 0.249. The molecule has 2 rings (SSSR count). The normalized spacial score (nSPS) is 11.3. The van der Waals surface area contributed by atoms with Crippen molar-refractivity contribution in [3.05, 3.63) is 34.1 Å². The van der Waals surface area contributed by atoms with Crippen LogP contribution in [0.15, 0.2) is 18.2 Å². The summed E-state index contributed by atoms with van der Waals surface area (Å²) in [5.41, 5.74) is 7.68. The average molecular weight is 312 g/mol. The number of aromatic nitrogens is 2. The van der Waals surface area contributed by atoms with Gasteiger partial charge in [0.05, 0.1) is 10.0 Å². The van der Waals surface area contributed by atoms with E-state index in [1.165, 1.54) is 0 Å². The Morgan fingerprint density at radius 3 is 2.35 bits per heavy atom. The number of nitrogens with zero attached hydrogens (tertiary/aromatic N) is 2. The Balaban J connectivity index is 2.67. The SMILES string of the molecule is CCCc1nc(-c2c(Cl)cccc2Cl)c(N)n1C(C)C. The molecular weight excluding hydrogens is 293 g/mol. The third kappa shape index (κ3) is 2.65. The monoisotopic (exact) mass is 311 g/mol. The summed E-state index contributed by atoms with van der Waals surface area (Å²) in [4.78, 5) is 4.68. The van der Waals surface area contributed by atoms with Crippen molar-refractivity contribution in [3.63, 3.8) is 0 Å². The van der Waals surface area contributed by atoms with E-state index in [2.05, 4.69) is 30.3 Å². The highest BCUT2D eigenvalue weighted by Gasteiger charge is 2.21. The summed E-state index contributed by atoms with van der Waals surface area (Å²) in [5.74, 6) is 1.60. The van der Waals surface area contributed by atoms with Crippen molar-refractivity contribution < 1.29 is 0 Å². The van der Waals surface area contributed by atoms with Gasteiger partial charge in [0.2, 0.25) is 0 Å². The number of imidazole rings is 1. The zero-order chi connectivity index (χ0) is 14.9. The van der Waals surface area contributed by atoms with Gasteiger partial charge in [0, 0.05) is 18.0 Å². The second-order valence-electron chi connectivity index (χ2n) is 5.07. The molecule has 0 aliphatic rings. The van der Waals surface area contributed by atoms with Gasteiger partial charge in [-0.05, 0) is 32.4 Å². The van der Waals surface area contributed by atoms with Crippen LogP contribution in [0.3, 0.4) is 0 Å². The van der Waals surface area contributed by atoms with Gasteiger partial charge < -0.3 is 10.3 Å². The minimum Gasteiger partial charge on any atom is -0.383 e. The van der Waals surface area contributed by atoms with Gasteiger partial charge in [-0.25, -0.2) is 4.98 Å². The molecule has 2 N–H and O–H groups in total. The van der Waals surface area contributed by atoms with E-state index in [9.17, 15) is 0 Å². The van der Waals surface area contributed by atoms with E-state index in [-0.39, 0.29) is 6.04 Å². The predicted molar refractivity (Wildman–Crippen MR) is 86.5 cm³/mol. The number of aryl methyl sites for hydroxylation is 1. The molecule has 108 valence electrons. The third-order valence-corrected chi connectivity index (χ3v) is 3.84. The Kier molecular flexibility index (Phi) is 4.61. The van der Waals surface area contributed by atoms with E-state index >= 15 is 0 Å². The van der Waals surface area contributed by atoms with Crippen molar-refractivity contribution in [3.8, 4) is 11.3 Å². The zero-order valence-corrected chi connectivity index (χ0v) is 13.5. The Bertz CT molecular complexity index is 598. The molecule has 0 radical (unpaired) electrons. The topological polar surface area (TPSA) is 43.8 Å². The van der Waals surface area contributed by atoms with Gasteiger partial charge in [-0.15, -0.1) is 0 Å². The first kappa shape index (κ1) is 15.2. The highest BCUT2D eigenvalue weighted by molar-refractivity contribution is 6.39. The van der Waals surface area contributed by atoms with Gasteiger partial charge in [0.15, 0.2) is 0 Å². The van der Waals surface area contributed by atoms with E-state index in [1.54, 1.807) is 12.1 Å². The number of hydrogen-bond donors (Lipinski definition) is 1. The standard InChI is InChI=1S/C15H19Cl2N3/c1-4-6-12-19-14(15(18)20(12)9(2)3)13-10(16)7-5-8-11(13)17/h5,7-9H,4,6,18H2,1-3H3. The highest BCUT2D eigenvalue weighted by Crippen LogP contribution is 2.38. The molecule has 0 aliphatic carbocycles. The summed E-state index contributed by atoms with van der Waals surface area (Å²) in [5, 5.41) is 1.14. The fourth-order valence-electron chi connectivity index (χ4n) is 2.38. The smallest absolute Gasteiger partial charge is 0.132 e. The van der Waals surface area contributed by atoms with E-state index < -0.39 is 0 Å². The molecule has 0 saturated carbocycles. The first-order valence-corrected chi connectivity index (χ1v) is 7.53. The minimum atomic E-state index is 0.249. The predicted octanol–water partition coefficient (Wildman–Crippen LogP) is 4.97. The number of anilines is 1. The second kappa shape index (κ2) is 6.06. The van der Waals surface area contributed by atoms with Crippen molar-refractivity contribution in [1.29, 1.82) is 0 Å². The van der Waals surface area contributed by atoms with Crippen LogP contribution in [-0.4, -0.2) is 9.55 Å². The summed E-state index contributed by atoms with van der Waals surface area (Å²) in [6.45, 7) is 6.31. The van der Waals surface area contributed by atoms with E-state index in [0.717, 1.165) is 18.7 Å². The fourth-order valence-corrected chi connectivity index (χ4v) is 2.95. The maximum atomic E-state index is 6.29. The van der Waals surface area contributed by atoms with Crippen LogP contribution >= 0.6 is 23.2 Å². The molecule has 3 nitrogen and oxygen atoms in total. The summed E-state index contributed by atoms with van der Waals surface area (Å²) in [6.07, 6.45) is 1.89. The lowest BCUT2D eigenvalue weighted by Crippen LogP contribution is -2.09. The molecular formula is C15H19Cl2N3. The quantitative estimate of drug-likeness (QED) is 0.866. The molecule has 0 amide bonds. The fraction of sp³-hybridized carbons (Fsp3) is 0.400. The Morgan fingerprint density at radius 1 is 1.25 bits per heavy atom. The van der Waals surface area contributed by atoms with Crippen LogP contribution in [0.2, 0.25) is 10.0 Å². The Hall–Kier alpha value is -1.19. The lowest BCUT2D eigenvalue weighted by Gasteiger charge is -2.13. The average Bonchev–Trinajstić information content (AvgIpc) is 2.67. The number of rotatable bonds is 4. The van der Waals surface area contributed by atoms with Crippen molar-refractivity contribution in [1.82, 2.24) is 9.55 Å². The van der Waals surface area contributed by atoms with Crippen LogP contribution in [0.1, 0.15) is 39.1 Å². The highest BCUT2D eigenvalue weighted by atomic mass is 35.5. The van der Waals surface area contributed by atoms with E-state index in [1.807, 2.05) is 6.07 Å². The lowest BCUT2D eigenvalue weighted by atomic mass is 10.1. The molecule has 0 spiro atoms. The summed E-state index contributed by atoms with van der Waals surface area (Å²) < 4.78 is 2.05. The van der Waals surface area contributed by atoms with Gasteiger partial charge in [-0.2, -0.15) is 0 Å². The number of halogens is 2. The molecule has 0 atom stereocenters. The molecule has 2 aromatic rings. The number of hydrogen-bond acceptors (Lipinski definition) is 2. The van der Waals surface area contributed by atoms with Crippen LogP contribution in [0, 0.1) is 0 Å². The molecule has 20 heavy (non-hydrogen) atoms. The Labute approximate surface area is 129 Å². The first-order valence-electron chi connectivity index (χ1n) is 6.78. The van der Waals surface area contributed by atoms with Crippen LogP contribution in [0.5, 0.6) is 0 Å². The summed E-state index contributed by atoms with van der Waals surface area (Å²) >= 11 is 12.5. The number of benzene rings is 1. The van der Waals surface area contributed by atoms with Crippen molar-refractivity contribution in [2.75, 3.05) is 5.73 Å². The molecule has 1 aromatic carbocycles. The lowest BCUT2D eigenvalue weighted by molar-refractivity contribution is 0.571. The van der Waals surface area contributed by atoms with Crippen LogP contribution < -0.4 is 5.73 Å². The van der Waals surface area contributed by atoms with Crippen molar-refractivity contribution in [2.24, 2.45) is 0 Å². The van der Waals surface area contributed by atoms with E-state index in [0.29, 0.717) is 27.1 Å². The van der Waals surface area contributed by atoms with Gasteiger partial charge >= 0.3 is 0 Å². The summed E-state index contributed by atoms with van der Waals surface area (Å²) in [7, 11) is 0. The number of nitrogens with two attached hydrogens (primary N) is 1. The molecule has 5 heteroatoms. The summed E-state index contributed by atoms with van der Waals surface area (Å²) in [6, 6.07) is 5.67. The maximum Gasteiger partial charge on any atom is 0.132 e. The molecule has 1 heterocycles. The first-order chi connectivity index (χ1) is 9.47. The van der Waals surface area contributed by atoms with Gasteiger partial charge in [0.25, 0.3) is 0 Å².